The lowest BCUT2D eigenvalue weighted by Crippen LogP contribution is -2.17. The van der Waals surface area contributed by atoms with Crippen LogP contribution >= 0.6 is 0 Å². The third-order valence-electron chi connectivity index (χ3n) is 2.23. The standard InChI is InChI=1S/C12H17NO3/c1-8-6-9(2)11(10(3)7-8)13-12(15)16-5-4-14/h6-7,14H,4-5H2,1-3H3,(H,13,15). The van der Waals surface area contributed by atoms with Gasteiger partial charge in [0.15, 0.2) is 0 Å². The van der Waals surface area contributed by atoms with E-state index in [-0.39, 0.29) is 13.2 Å². The highest BCUT2D eigenvalue weighted by molar-refractivity contribution is 5.86. The summed E-state index contributed by atoms with van der Waals surface area (Å²) in [7, 11) is 0. The molecule has 0 spiro atoms. The van der Waals surface area contributed by atoms with Crippen molar-refractivity contribution in [1.29, 1.82) is 0 Å². The predicted molar refractivity (Wildman–Crippen MR) is 62.7 cm³/mol. The molecule has 0 bridgehead atoms. The normalized spacial score (nSPS) is 10.0. The molecule has 1 aromatic rings. The van der Waals surface area contributed by atoms with E-state index in [1.165, 1.54) is 0 Å². The maximum absolute atomic E-state index is 11.3. The van der Waals surface area contributed by atoms with Gasteiger partial charge in [-0.2, -0.15) is 0 Å². The lowest BCUT2D eigenvalue weighted by Gasteiger charge is -2.12. The zero-order valence-corrected chi connectivity index (χ0v) is 9.83. The molecular weight excluding hydrogens is 206 g/mol. The molecule has 0 fully saturated rings. The topological polar surface area (TPSA) is 58.6 Å². The highest BCUT2D eigenvalue weighted by Crippen LogP contribution is 2.21. The van der Waals surface area contributed by atoms with Crippen LogP contribution in [0.4, 0.5) is 10.5 Å². The number of carbonyl (C=O) groups is 1. The summed E-state index contributed by atoms with van der Waals surface area (Å²) in [5.74, 6) is 0. The summed E-state index contributed by atoms with van der Waals surface area (Å²) in [6, 6.07) is 3.99. The minimum Gasteiger partial charge on any atom is -0.447 e. The van der Waals surface area contributed by atoms with Crippen molar-refractivity contribution < 1.29 is 14.6 Å². The van der Waals surface area contributed by atoms with Crippen LogP contribution in [-0.4, -0.2) is 24.4 Å². The summed E-state index contributed by atoms with van der Waals surface area (Å²) < 4.78 is 4.74. The van der Waals surface area contributed by atoms with Gasteiger partial charge in [0.1, 0.15) is 6.61 Å². The number of aliphatic hydroxyl groups is 1. The number of anilines is 1. The zero-order valence-electron chi connectivity index (χ0n) is 9.83. The van der Waals surface area contributed by atoms with Gasteiger partial charge in [-0.05, 0) is 31.9 Å². The monoisotopic (exact) mass is 223 g/mol. The lowest BCUT2D eigenvalue weighted by molar-refractivity contribution is 0.131. The van der Waals surface area contributed by atoms with Gasteiger partial charge >= 0.3 is 6.09 Å². The second-order valence-corrected chi connectivity index (χ2v) is 3.76. The van der Waals surface area contributed by atoms with E-state index in [2.05, 4.69) is 5.32 Å². The Balaban J connectivity index is 2.77. The van der Waals surface area contributed by atoms with Gasteiger partial charge in [-0.25, -0.2) is 4.79 Å². The maximum Gasteiger partial charge on any atom is 0.411 e. The van der Waals surface area contributed by atoms with Gasteiger partial charge in [-0.1, -0.05) is 17.7 Å². The Hall–Kier alpha value is -1.55. The quantitative estimate of drug-likeness (QED) is 0.825. The van der Waals surface area contributed by atoms with E-state index in [0.717, 1.165) is 22.4 Å². The van der Waals surface area contributed by atoms with E-state index < -0.39 is 6.09 Å². The van der Waals surface area contributed by atoms with Crippen LogP contribution in [0, 0.1) is 20.8 Å². The molecule has 16 heavy (non-hydrogen) atoms. The molecule has 88 valence electrons. The van der Waals surface area contributed by atoms with Crippen LogP contribution in [0.2, 0.25) is 0 Å². The minimum absolute atomic E-state index is 0.00971. The highest BCUT2D eigenvalue weighted by Gasteiger charge is 2.08. The molecule has 0 unspecified atom stereocenters. The van der Waals surface area contributed by atoms with Crippen LogP contribution < -0.4 is 5.32 Å². The first-order chi connectivity index (χ1) is 7.54. The number of carbonyl (C=O) groups excluding carboxylic acids is 1. The van der Waals surface area contributed by atoms with E-state index >= 15 is 0 Å². The number of benzene rings is 1. The largest absolute Gasteiger partial charge is 0.447 e. The van der Waals surface area contributed by atoms with Crippen molar-refractivity contribution in [3.05, 3.63) is 28.8 Å². The van der Waals surface area contributed by atoms with Crippen LogP contribution in [0.25, 0.3) is 0 Å². The first kappa shape index (κ1) is 12.5. The van der Waals surface area contributed by atoms with Crippen molar-refractivity contribution in [1.82, 2.24) is 0 Å². The Bertz CT molecular complexity index is 365. The smallest absolute Gasteiger partial charge is 0.411 e. The number of rotatable bonds is 3. The average Bonchev–Trinajstić information content (AvgIpc) is 2.20. The molecule has 0 aliphatic heterocycles. The molecule has 0 aliphatic rings. The van der Waals surface area contributed by atoms with Gasteiger partial charge in [0.05, 0.1) is 6.61 Å². The molecule has 0 saturated heterocycles. The fraction of sp³-hybridized carbons (Fsp3) is 0.417. The molecule has 2 N–H and O–H groups in total. The fourth-order valence-electron chi connectivity index (χ4n) is 1.65. The van der Waals surface area contributed by atoms with Crippen molar-refractivity contribution in [2.75, 3.05) is 18.5 Å². The van der Waals surface area contributed by atoms with Crippen LogP contribution in [0.1, 0.15) is 16.7 Å². The van der Waals surface area contributed by atoms with E-state index in [9.17, 15) is 4.79 Å². The van der Waals surface area contributed by atoms with Gasteiger partial charge in [0, 0.05) is 5.69 Å². The summed E-state index contributed by atoms with van der Waals surface area (Å²) in [6.07, 6.45) is -0.538. The molecule has 1 aromatic carbocycles. The summed E-state index contributed by atoms with van der Waals surface area (Å²) in [5.41, 5.74) is 3.93. The Morgan fingerprint density at radius 1 is 1.31 bits per heavy atom. The number of hydrogen-bond donors (Lipinski definition) is 2. The second kappa shape index (κ2) is 5.51. The Morgan fingerprint density at radius 3 is 2.38 bits per heavy atom. The van der Waals surface area contributed by atoms with Crippen LogP contribution in [0.15, 0.2) is 12.1 Å². The molecule has 0 radical (unpaired) electrons. The van der Waals surface area contributed by atoms with Crippen molar-refractivity contribution in [3.8, 4) is 0 Å². The van der Waals surface area contributed by atoms with Gasteiger partial charge in [-0.15, -0.1) is 0 Å². The van der Waals surface area contributed by atoms with Crippen molar-refractivity contribution in [2.24, 2.45) is 0 Å². The summed E-state index contributed by atoms with van der Waals surface area (Å²) in [6.45, 7) is 5.71. The molecule has 4 nitrogen and oxygen atoms in total. The van der Waals surface area contributed by atoms with Gasteiger partial charge < -0.3 is 9.84 Å². The number of aliphatic hydroxyl groups excluding tert-OH is 1. The first-order valence-corrected chi connectivity index (χ1v) is 5.17. The van der Waals surface area contributed by atoms with Crippen molar-refractivity contribution >= 4 is 11.8 Å². The number of amides is 1. The molecule has 1 rings (SSSR count). The molecule has 0 saturated carbocycles. The van der Waals surface area contributed by atoms with Crippen LogP contribution in [-0.2, 0) is 4.74 Å². The van der Waals surface area contributed by atoms with E-state index in [4.69, 9.17) is 9.84 Å². The van der Waals surface area contributed by atoms with Crippen LogP contribution in [0.5, 0.6) is 0 Å². The number of hydrogen-bond acceptors (Lipinski definition) is 3. The minimum atomic E-state index is -0.538. The highest BCUT2D eigenvalue weighted by atomic mass is 16.6. The van der Waals surface area contributed by atoms with Crippen molar-refractivity contribution in [3.63, 3.8) is 0 Å². The Morgan fingerprint density at radius 2 is 1.88 bits per heavy atom. The van der Waals surface area contributed by atoms with Gasteiger partial charge in [0.2, 0.25) is 0 Å². The van der Waals surface area contributed by atoms with E-state index in [1.807, 2.05) is 32.9 Å². The van der Waals surface area contributed by atoms with E-state index in [0.29, 0.717) is 0 Å². The molecule has 0 aliphatic carbocycles. The summed E-state index contributed by atoms with van der Waals surface area (Å²) in [4.78, 5) is 11.3. The van der Waals surface area contributed by atoms with Gasteiger partial charge in [0.25, 0.3) is 0 Å². The predicted octanol–water partition coefficient (Wildman–Crippen LogP) is 2.15. The Kier molecular flexibility index (Phi) is 4.31. The molecule has 4 heteroatoms. The average molecular weight is 223 g/mol. The molecule has 0 atom stereocenters. The lowest BCUT2D eigenvalue weighted by atomic mass is 10.1. The zero-order chi connectivity index (χ0) is 12.1. The van der Waals surface area contributed by atoms with Crippen LogP contribution in [0.3, 0.4) is 0 Å². The van der Waals surface area contributed by atoms with Gasteiger partial charge in [-0.3, -0.25) is 5.32 Å². The Labute approximate surface area is 95.2 Å². The number of aryl methyl sites for hydroxylation is 3. The summed E-state index contributed by atoms with van der Waals surface area (Å²) >= 11 is 0. The molecular formula is C12H17NO3. The SMILES string of the molecule is Cc1cc(C)c(NC(=O)OCCO)c(C)c1. The maximum atomic E-state index is 11.3. The molecule has 1 amide bonds. The molecule has 0 heterocycles. The summed E-state index contributed by atoms with van der Waals surface area (Å²) in [5, 5.41) is 11.2. The first-order valence-electron chi connectivity index (χ1n) is 5.17. The third kappa shape index (κ3) is 3.24. The van der Waals surface area contributed by atoms with E-state index in [1.54, 1.807) is 0 Å². The second-order valence-electron chi connectivity index (χ2n) is 3.76. The third-order valence-corrected chi connectivity index (χ3v) is 2.23. The molecule has 0 aromatic heterocycles. The fourth-order valence-corrected chi connectivity index (χ4v) is 1.65. The van der Waals surface area contributed by atoms with Crippen molar-refractivity contribution in [2.45, 2.75) is 20.8 Å². The number of ether oxygens (including phenoxy) is 1. The number of nitrogens with one attached hydrogen (secondary N) is 1.